The standard InChI is InChI=1S/C25H20FN5O3S/c1-34-18-5-4-6-19(13-18)35-24-23-29-30(15-22(32)27-14-16-9-11-17(26)12-10-16)25(33)31(23)21-8-3-2-7-20(21)28-24/h2-13H,14-15H2,1H3,(H,27,32). The molecular weight excluding hydrogens is 469 g/mol. The van der Waals surface area contributed by atoms with Gasteiger partial charge in [0.25, 0.3) is 0 Å². The van der Waals surface area contributed by atoms with Gasteiger partial charge < -0.3 is 10.1 Å². The Morgan fingerprint density at radius 3 is 2.69 bits per heavy atom. The smallest absolute Gasteiger partial charge is 0.351 e. The molecular formula is C25H20FN5O3S. The normalized spacial score (nSPS) is 11.1. The van der Waals surface area contributed by atoms with Crippen molar-refractivity contribution in [3.05, 3.63) is 94.7 Å². The number of nitrogens with one attached hydrogen (secondary N) is 1. The molecule has 5 rings (SSSR count). The van der Waals surface area contributed by atoms with E-state index in [1.54, 1.807) is 25.3 Å². The Morgan fingerprint density at radius 2 is 1.89 bits per heavy atom. The Bertz CT molecular complexity index is 1600. The molecule has 0 aliphatic carbocycles. The Morgan fingerprint density at radius 1 is 1.09 bits per heavy atom. The average Bonchev–Trinajstić information content (AvgIpc) is 3.20. The lowest BCUT2D eigenvalue weighted by Gasteiger charge is -2.07. The lowest BCUT2D eigenvalue weighted by Crippen LogP contribution is -2.32. The highest BCUT2D eigenvalue weighted by molar-refractivity contribution is 7.99. The first kappa shape index (κ1) is 22.6. The van der Waals surface area contributed by atoms with Gasteiger partial charge in [-0.05, 0) is 48.0 Å². The summed E-state index contributed by atoms with van der Waals surface area (Å²) in [4.78, 5) is 31.4. The van der Waals surface area contributed by atoms with Crippen LogP contribution in [0.25, 0.3) is 16.7 Å². The first-order chi connectivity index (χ1) is 17.0. The van der Waals surface area contributed by atoms with E-state index in [0.29, 0.717) is 27.5 Å². The molecule has 8 nitrogen and oxygen atoms in total. The number of fused-ring (bicyclic) bond motifs is 3. The molecule has 3 aromatic carbocycles. The van der Waals surface area contributed by atoms with Gasteiger partial charge >= 0.3 is 5.69 Å². The molecule has 0 radical (unpaired) electrons. The van der Waals surface area contributed by atoms with Gasteiger partial charge in [0.2, 0.25) is 5.91 Å². The molecule has 0 unspecified atom stereocenters. The van der Waals surface area contributed by atoms with Gasteiger partial charge in [-0.2, -0.15) is 0 Å². The van der Waals surface area contributed by atoms with E-state index in [1.165, 1.54) is 28.3 Å². The number of hydrogen-bond acceptors (Lipinski definition) is 6. The molecule has 0 atom stereocenters. The van der Waals surface area contributed by atoms with Crippen molar-refractivity contribution in [2.75, 3.05) is 7.11 Å². The Balaban J connectivity index is 1.48. The summed E-state index contributed by atoms with van der Waals surface area (Å²) in [5, 5.41) is 7.71. The summed E-state index contributed by atoms with van der Waals surface area (Å²) in [6, 6.07) is 20.6. The number of benzene rings is 3. The molecule has 0 spiro atoms. The number of rotatable bonds is 7. The van der Waals surface area contributed by atoms with Crippen LogP contribution in [0, 0.1) is 5.82 Å². The maximum absolute atomic E-state index is 13.3. The minimum atomic E-state index is -0.442. The van der Waals surface area contributed by atoms with Crippen molar-refractivity contribution in [2.24, 2.45) is 0 Å². The zero-order valence-corrected chi connectivity index (χ0v) is 19.5. The van der Waals surface area contributed by atoms with Crippen molar-refractivity contribution in [2.45, 2.75) is 23.0 Å². The number of ether oxygens (including phenoxy) is 1. The summed E-state index contributed by atoms with van der Waals surface area (Å²) in [6.07, 6.45) is 0. The second kappa shape index (κ2) is 9.59. The van der Waals surface area contributed by atoms with Crippen LogP contribution < -0.4 is 15.7 Å². The van der Waals surface area contributed by atoms with Gasteiger partial charge in [-0.3, -0.25) is 4.79 Å². The van der Waals surface area contributed by atoms with Crippen LogP contribution >= 0.6 is 11.8 Å². The fraction of sp³-hybridized carbons (Fsp3) is 0.120. The Labute approximate surface area is 203 Å². The minimum Gasteiger partial charge on any atom is -0.497 e. The van der Waals surface area contributed by atoms with Gasteiger partial charge in [0, 0.05) is 11.4 Å². The zero-order valence-electron chi connectivity index (χ0n) is 18.6. The summed E-state index contributed by atoms with van der Waals surface area (Å²) >= 11 is 1.35. The fourth-order valence-corrected chi connectivity index (χ4v) is 4.53. The van der Waals surface area contributed by atoms with E-state index in [-0.39, 0.29) is 24.8 Å². The molecule has 0 bridgehead atoms. The molecule has 0 saturated heterocycles. The van der Waals surface area contributed by atoms with Gasteiger partial charge in [0.05, 0.1) is 18.1 Å². The van der Waals surface area contributed by atoms with E-state index in [4.69, 9.17) is 9.72 Å². The predicted molar refractivity (Wildman–Crippen MR) is 130 cm³/mol. The number of nitrogens with zero attached hydrogens (tertiary/aromatic N) is 4. The molecule has 1 N–H and O–H groups in total. The number of halogens is 1. The van der Waals surface area contributed by atoms with Gasteiger partial charge in [-0.15, -0.1) is 5.10 Å². The van der Waals surface area contributed by atoms with Crippen LogP contribution in [0.3, 0.4) is 0 Å². The Hall–Kier alpha value is -4.18. The minimum absolute atomic E-state index is 0.211. The SMILES string of the molecule is COc1cccc(Sc2nc3ccccc3n3c(=O)n(CC(=O)NCc4ccc(F)cc4)nc23)c1. The molecule has 0 fully saturated rings. The number of carbonyl (C=O) groups is 1. The highest BCUT2D eigenvalue weighted by atomic mass is 32.2. The van der Waals surface area contributed by atoms with E-state index in [9.17, 15) is 14.0 Å². The van der Waals surface area contributed by atoms with Gasteiger partial charge in [-0.1, -0.05) is 42.1 Å². The second-order valence-corrected chi connectivity index (χ2v) is 8.75. The number of aromatic nitrogens is 4. The quantitative estimate of drug-likeness (QED) is 0.375. The molecule has 5 aromatic rings. The number of amides is 1. The maximum Gasteiger partial charge on any atom is 0.351 e. The van der Waals surface area contributed by atoms with Crippen LogP contribution in [0.1, 0.15) is 5.56 Å². The van der Waals surface area contributed by atoms with Crippen LogP contribution in [0.5, 0.6) is 5.75 Å². The number of hydrogen-bond donors (Lipinski definition) is 1. The van der Waals surface area contributed by atoms with Crippen LogP contribution in [-0.2, 0) is 17.9 Å². The first-order valence-corrected chi connectivity index (χ1v) is 11.5. The van der Waals surface area contributed by atoms with Gasteiger partial charge in [0.1, 0.15) is 23.1 Å². The summed E-state index contributed by atoms with van der Waals surface area (Å²) < 4.78 is 21.0. The lowest BCUT2D eigenvalue weighted by atomic mass is 10.2. The molecule has 1 amide bonds. The van der Waals surface area contributed by atoms with Crippen LogP contribution in [0.4, 0.5) is 4.39 Å². The second-order valence-electron chi connectivity index (χ2n) is 7.69. The van der Waals surface area contributed by atoms with Crippen LogP contribution in [-0.4, -0.2) is 32.2 Å². The summed E-state index contributed by atoms with van der Waals surface area (Å²) in [7, 11) is 1.60. The fourth-order valence-electron chi connectivity index (χ4n) is 3.61. The third kappa shape index (κ3) is 4.73. The predicted octanol–water partition coefficient (Wildman–Crippen LogP) is 3.66. The Kier molecular flexibility index (Phi) is 6.19. The number of methoxy groups -OCH3 is 1. The molecule has 0 saturated carbocycles. The monoisotopic (exact) mass is 489 g/mol. The maximum atomic E-state index is 13.3. The highest BCUT2D eigenvalue weighted by Crippen LogP contribution is 2.32. The van der Waals surface area contributed by atoms with Crippen molar-refractivity contribution in [1.82, 2.24) is 24.5 Å². The van der Waals surface area contributed by atoms with Gasteiger partial charge in [-0.25, -0.2) is 23.3 Å². The lowest BCUT2D eigenvalue weighted by molar-refractivity contribution is -0.122. The van der Waals surface area contributed by atoms with Crippen molar-refractivity contribution < 1.29 is 13.9 Å². The zero-order chi connectivity index (χ0) is 24.4. The third-order valence-electron chi connectivity index (χ3n) is 5.33. The summed E-state index contributed by atoms with van der Waals surface area (Å²) in [6.45, 7) is -0.0536. The van der Waals surface area contributed by atoms with E-state index in [2.05, 4.69) is 10.4 Å². The van der Waals surface area contributed by atoms with Gasteiger partial charge in [0.15, 0.2) is 5.65 Å². The molecule has 0 aliphatic heterocycles. The summed E-state index contributed by atoms with van der Waals surface area (Å²) in [5.41, 5.74) is 1.89. The highest BCUT2D eigenvalue weighted by Gasteiger charge is 2.18. The molecule has 2 aromatic heterocycles. The third-order valence-corrected chi connectivity index (χ3v) is 6.28. The van der Waals surface area contributed by atoms with E-state index < -0.39 is 5.69 Å². The number of para-hydroxylation sites is 2. The van der Waals surface area contributed by atoms with Crippen LogP contribution in [0.15, 0.2) is 87.5 Å². The van der Waals surface area contributed by atoms with E-state index in [0.717, 1.165) is 15.1 Å². The van der Waals surface area contributed by atoms with Crippen molar-refractivity contribution >= 4 is 34.3 Å². The first-order valence-electron chi connectivity index (χ1n) is 10.7. The molecule has 35 heavy (non-hydrogen) atoms. The molecule has 176 valence electrons. The molecule has 10 heteroatoms. The van der Waals surface area contributed by atoms with Crippen molar-refractivity contribution in [3.63, 3.8) is 0 Å². The average molecular weight is 490 g/mol. The molecule has 2 heterocycles. The topological polar surface area (TPSA) is 90.5 Å². The largest absolute Gasteiger partial charge is 0.497 e. The van der Waals surface area contributed by atoms with Crippen molar-refractivity contribution in [3.8, 4) is 5.75 Å². The van der Waals surface area contributed by atoms with E-state index in [1.807, 2.05) is 42.5 Å². The number of carbonyl (C=O) groups excluding carboxylic acids is 1. The summed E-state index contributed by atoms with van der Waals surface area (Å²) in [5.74, 6) is -0.0357. The van der Waals surface area contributed by atoms with Crippen LogP contribution in [0.2, 0.25) is 0 Å². The van der Waals surface area contributed by atoms with Crippen molar-refractivity contribution in [1.29, 1.82) is 0 Å². The van der Waals surface area contributed by atoms with E-state index >= 15 is 0 Å². The molecule has 0 aliphatic rings.